The Labute approximate surface area is 112 Å². The molecule has 1 aromatic rings. The molecule has 5 nitrogen and oxygen atoms in total. The summed E-state index contributed by atoms with van der Waals surface area (Å²) < 4.78 is 1.39. The fourth-order valence-corrected chi connectivity index (χ4v) is 2.89. The van der Waals surface area contributed by atoms with Gasteiger partial charge in [-0.2, -0.15) is 0 Å². The molecule has 0 unspecified atom stereocenters. The Balaban J connectivity index is 2.42. The summed E-state index contributed by atoms with van der Waals surface area (Å²) in [7, 11) is 0. The third-order valence-electron chi connectivity index (χ3n) is 4.06. The zero-order valence-electron chi connectivity index (χ0n) is 11.6. The summed E-state index contributed by atoms with van der Waals surface area (Å²) in [6.07, 6.45) is 5.12. The molecule has 106 valence electrons. The average molecular weight is 266 g/mol. The highest BCUT2D eigenvalue weighted by Gasteiger charge is 2.24. The van der Waals surface area contributed by atoms with E-state index < -0.39 is 11.2 Å². The molecule has 2 N–H and O–H groups in total. The number of rotatable bonds is 3. The molecule has 1 aliphatic carbocycles. The quantitative estimate of drug-likeness (QED) is 0.878. The molecule has 0 bridgehead atoms. The lowest BCUT2D eigenvalue weighted by Crippen LogP contribution is -2.35. The molecule has 1 fully saturated rings. The topological polar surface area (TPSA) is 75.1 Å². The average Bonchev–Trinajstić information content (AvgIpc) is 2.36. The molecule has 1 aliphatic rings. The highest BCUT2D eigenvalue weighted by Crippen LogP contribution is 2.33. The lowest BCUT2D eigenvalue weighted by Gasteiger charge is -2.28. The number of nitrogens with zero attached hydrogens (tertiary/aromatic N) is 1. The Morgan fingerprint density at radius 3 is 2.47 bits per heavy atom. The normalized spacial score (nSPS) is 23.5. The van der Waals surface area contributed by atoms with E-state index in [-0.39, 0.29) is 11.9 Å². The van der Waals surface area contributed by atoms with Gasteiger partial charge in [0.15, 0.2) is 0 Å². The van der Waals surface area contributed by atoms with Crippen molar-refractivity contribution in [2.75, 3.05) is 0 Å². The second kappa shape index (κ2) is 5.63. The molecule has 1 saturated carbocycles. The van der Waals surface area contributed by atoms with Gasteiger partial charge >= 0.3 is 5.69 Å². The van der Waals surface area contributed by atoms with E-state index in [1.165, 1.54) is 4.57 Å². The van der Waals surface area contributed by atoms with Gasteiger partial charge in [0.1, 0.15) is 0 Å². The Morgan fingerprint density at radius 1 is 1.26 bits per heavy atom. The zero-order chi connectivity index (χ0) is 14.0. The second-order valence-electron chi connectivity index (χ2n) is 5.60. The van der Waals surface area contributed by atoms with Gasteiger partial charge in [0.2, 0.25) is 5.88 Å². The van der Waals surface area contributed by atoms with Crippen LogP contribution in [0.5, 0.6) is 5.88 Å². The van der Waals surface area contributed by atoms with Crippen LogP contribution >= 0.6 is 0 Å². The number of aromatic nitrogens is 2. The minimum Gasteiger partial charge on any atom is -0.494 e. The molecule has 0 saturated heterocycles. The molecular formula is C14H22N2O3. The van der Waals surface area contributed by atoms with Gasteiger partial charge in [-0.05, 0) is 38.0 Å². The van der Waals surface area contributed by atoms with E-state index in [1.54, 1.807) is 0 Å². The van der Waals surface area contributed by atoms with Crippen LogP contribution < -0.4 is 11.2 Å². The maximum absolute atomic E-state index is 11.9. The van der Waals surface area contributed by atoms with Gasteiger partial charge in [0.05, 0.1) is 5.56 Å². The fraction of sp³-hybridized carbons (Fsp3) is 0.714. The molecule has 0 spiro atoms. The van der Waals surface area contributed by atoms with Gasteiger partial charge in [-0.25, -0.2) is 4.79 Å². The lowest BCUT2D eigenvalue weighted by atomic mass is 9.87. The molecule has 1 heterocycles. The molecular weight excluding hydrogens is 244 g/mol. The lowest BCUT2D eigenvalue weighted by molar-refractivity contribution is 0.257. The van der Waals surface area contributed by atoms with Crippen molar-refractivity contribution in [1.29, 1.82) is 0 Å². The highest BCUT2D eigenvalue weighted by atomic mass is 16.3. The summed E-state index contributed by atoms with van der Waals surface area (Å²) >= 11 is 0. The van der Waals surface area contributed by atoms with E-state index in [2.05, 4.69) is 11.9 Å². The first-order chi connectivity index (χ1) is 9.04. The number of aromatic amines is 1. The van der Waals surface area contributed by atoms with Gasteiger partial charge in [0, 0.05) is 6.04 Å². The smallest absolute Gasteiger partial charge is 0.331 e. The van der Waals surface area contributed by atoms with Gasteiger partial charge in [-0.1, -0.05) is 20.3 Å². The molecule has 0 atom stereocenters. The van der Waals surface area contributed by atoms with Crippen LogP contribution in [0.2, 0.25) is 0 Å². The zero-order valence-corrected chi connectivity index (χ0v) is 11.6. The van der Waals surface area contributed by atoms with Crippen LogP contribution in [-0.4, -0.2) is 14.7 Å². The van der Waals surface area contributed by atoms with E-state index in [4.69, 9.17) is 0 Å². The van der Waals surface area contributed by atoms with Crippen molar-refractivity contribution in [2.24, 2.45) is 5.92 Å². The highest BCUT2D eigenvalue weighted by molar-refractivity contribution is 5.23. The van der Waals surface area contributed by atoms with Crippen LogP contribution in [0.4, 0.5) is 0 Å². The standard InChI is InChI=1S/C14H22N2O3/c1-3-4-11-12(17)15-14(19)16(13(11)18)10-7-5-9(2)6-8-10/h9-10,18H,3-8H2,1-2H3,(H,15,17,19). The van der Waals surface area contributed by atoms with Crippen molar-refractivity contribution in [3.8, 4) is 5.88 Å². The monoisotopic (exact) mass is 266 g/mol. The number of hydrogen-bond acceptors (Lipinski definition) is 3. The van der Waals surface area contributed by atoms with Crippen molar-refractivity contribution >= 4 is 0 Å². The number of nitrogens with one attached hydrogen (secondary N) is 1. The van der Waals surface area contributed by atoms with Crippen molar-refractivity contribution in [1.82, 2.24) is 9.55 Å². The Bertz CT molecular complexity index is 551. The summed E-state index contributed by atoms with van der Waals surface area (Å²) in [5, 5.41) is 10.2. The van der Waals surface area contributed by atoms with E-state index in [0.29, 0.717) is 17.9 Å². The van der Waals surface area contributed by atoms with Gasteiger partial charge in [0.25, 0.3) is 5.56 Å². The van der Waals surface area contributed by atoms with Crippen LogP contribution in [0.3, 0.4) is 0 Å². The van der Waals surface area contributed by atoms with Crippen LogP contribution in [0, 0.1) is 5.92 Å². The van der Waals surface area contributed by atoms with Crippen LogP contribution in [0.25, 0.3) is 0 Å². The molecule has 19 heavy (non-hydrogen) atoms. The number of hydrogen-bond donors (Lipinski definition) is 2. The SMILES string of the molecule is CCCc1c(O)n(C2CCC(C)CC2)c(=O)[nH]c1=O. The van der Waals surface area contributed by atoms with Crippen molar-refractivity contribution in [2.45, 2.75) is 58.4 Å². The van der Waals surface area contributed by atoms with E-state index in [9.17, 15) is 14.7 Å². The van der Waals surface area contributed by atoms with E-state index in [1.807, 2.05) is 6.92 Å². The predicted molar refractivity (Wildman–Crippen MR) is 73.7 cm³/mol. The second-order valence-corrected chi connectivity index (χ2v) is 5.60. The van der Waals surface area contributed by atoms with Crippen molar-refractivity contribution in [3.63, 3.8) is 0 Å². The van der Waals surface area contributed by atoms with Crippen molar-refractivity contribution < 1.29 is 5.11 Å². The maximum atomic E-state index is 11.9. The Kier molecular flexibility index (Phi) is 4.12. The molecule has 2 rings (SSSR count). The first-order valence-corrected chi connectivity index (χ1v) is 7.11. The third kappa shape index (κ3) is 2.74. The number of H-pyrrole nitrogens is 1. The first-order valence-electron chi connectivity index (χ1n) is 7.11. The van der Waals surface area contributed by atoms with Crippen LogP contribution in [0.15, 0.2) is 9.59 Å². The Hall–Kier alpha value is -1.52. The molecule has 0 radical (unpaired) electrons. The summed E-state index contributed by atoms with van der Waals surface area (Å²) in [6.45, 7) is 4.14. The summed E-state index contributed by atoms with van der Waals surface area (Å²) in [5.41, 5.74) is -0.604. The molecule has 0 aromatic carbocycles. The van der Waals surface area contributed by atoms with Crippen molar-refractivity contribution in [3.05, 3.63) is 26.4 Å². The summed E-state index contributed by atoms with van der Waals surface area (Å²) in [5.74, 6) is 0.544. The van der Waals surface area contributed by atoms with Gasteiger partial charge < -0.3 is 5.11 Å². The molecule has 5 heteroatoms. The number of aromatic hydroxyl groups is 1. The van der Waals surface area contributed by atoms with Crippen LogP contribution in [0.1, 0.15) is 57.6 Å². The maximum Gasteiger partial charge on any atom is 0.331 e. The Morgan fingerprint density at radius 2 is 1.89 bits per heavy atom. The minimum absolute atomic E-state index is 0.0103. The largest absolute Gasteiger partial charge is 0.494 e. The first kappa shape index (κ1) is 13.9. The summed E-state index contributed by atoms with van der Waals surface area (Å²) in [4.78, 5) is 26.0. The van der Waals surface area contributed by atoms with Gasteiger partial charge in [-0.3, -0.25) is 14.3 Å². The van der Waals surface area contributed by atoms with Gasteiger partial charge in [-0.15, -0.1) is 0 Å². The molecule has 0 amide bonds. The summed E-state index contributed by atoms with van der Waals surface area (Å²) in [6, 6.07) is 0.0103. The minimum atomic E-state index is -0.484. The molecule has 1 aromatic heterocycles. The van der Waals surface area contributed by atoms with Crippen LogP contribution in [-0.2, 0) is 6.42 Å². The third-order valence-corrected chi connectivity index (χ3v) is 4.06. The predicted octanol–water partition coefficient (Wildman–Crippen LogP) is 1.95. The molecule has 0 aliphatic heterocycles. The van der Waals surface area contributed by atoms with E-state index in [0.717, 1.165) is 32.1 Å². The fourth-order valence-electron chi connectivity index (χ4n) is 2.89. The van der Waals surface area contributed by atoms with E-state index >= 15 is 0 Å².